The van der Waals surface area contributed by atoms with Gasteiger partial charge in [-0.1, -0.05) is 6.42 Å². The molecule has 2 saturated heterocycles. The van der Waals surface area contributed by atoms with Crippen molar-refractivity contribution in [3.05, 3.63) is 0 Å². The summed E-state index contributed by atoms with van der Waals surface area (Å²) in [4.78, 5) is 5.03. The van der Waals surface area contributed by atoms with E-state index in [1.54, 1.807) is 7.11 Å². The van der Waals surface area contributed by atoms with E-state index < -0.39 is 0 Å². The molecule has 2 rings (SSSR count). The zero-order valence-electron chi connectivity index (χ0n) is 12.0. The van der Waals surface area contributed by atoms with Crippen LogP contribution in [-0.2, 0) is 4.74 Å². The molecule has 18 heavy (non-hydrogen) atoms. The van der Waals surface area contributed by atoms with Crippen molar-refractivity contribution in [2.45, 2.75) is 37.8 Å². The van der Waals surface area contributed by atoms with E-state index in [1.807, 2.05) is 0 Å². The zero-order chi connectivity index (χ0) is 12.8. The molecule has 2 fully saturated rings. The van der Waals surface area contributed by atoms with Gasteiger partial charge >= 0.3 is 0 Å². The molecule has 106 valence electrons. The fraction of sp³-hybridized carbons (Fsp3) is 1.00. The molecule has 2 heterocycles. The Morgan fingerprint density at radius 1 is 1.22 bits per heavy atom. The van der Waals surface area contributed by atoms with Crippen LogP contribution in [0, 0.1) is 0 Å². The van der Waals surface area contributed by atoms with E-state index in [0.29, 0.717) is 0 Å². The summed E-state index contributed by atoms with van der Waals surface area (Å²) in [7, 11) is 3.94. The van der Waals surface area contributed by atoms with Gasteiger partial charge in [-0.15, -0.1) is 0 Å². The van der Waals surface area contributed by atoms with Gasteiger partial charge in [0.2, 0.25) is 0 Å². The minimum atomic E-state index is 0.737. The van der Waals surface area contributed by atoms with Crippen LogP contribution in [0.1, 0.15) is 25.7 Å². The first-order chi connectivity index (χ1) is 8.81. The Morgan fingerprint density at radius 2 is 2.11 bits per heavy atom. The summed E-state index contributed by atoms with van der Waals surface area (Å²) in [5, 5.41) is 3.76. The molecule has 0 aliphatic carbocycles. The van der Waals surface area contributed by atoms with Gasteiger partial charge in [0.25, 0.3) is 0 Å². The lowest BCUT2D eigenvalue weighted by atomic mass is 9.99. The molecule has 4 nitrogen and oxygen atoms in total. The van der Waals surface area contributed by atoms with Gasteiger partial charge in [0, 0.05) is 45.4 Å². The topological polar surface area (TPSA) is 27.7 Å². The zero-order valence-corrected chi connectivity index (χ0v) is 12.0. The van der Waals surface area contributed by atoms with Crippen LogP contribution >= 0.6 is 0 Å². The second kappa shape index (κ2) is 7.43. The molecule has 0 aromatic heterocycles. The highest BCUT2D eigenvalue weighted by molar-refractivity contribution is 4.93. The Labute approximate surface area is 112 Å². The van der Waals surface area contributed by atoms with Gasteiger partial charge in [-0.3, -0.25) is 4.90 Å². The maximum atomic E-state index is 5.09. The number of likely N-dealkylation sites (N-methyl/N-ethyl adjacent to an activating group) is 1. The van der Waals surface area contributed by atoms with E-state index in [4.69, 9.17) is 4.74 Å². The second-order valence-corrected chi connectivity index (χ2v) is 5.74. The van der Waals surface area contributed by atoms with Crippen molar-refractivity contribution in [2.75, 3.05) is 53.5 Å². The predicted molar refractivity (Wildman–Crippen MR) is 75.0 cm³/mol. The van der Waals surface area contributed by atoms with Crippen molar-refractivity contribution in [3.63, 3.8) is 0 Å². The van der Waals surface area contributed by atoms with Gasteiger partial charge in [-0.2, -0.15) is 0 Å². The lowest BCUT2D eigenvalue weighted by Gasteiger charge is -2.33. The van der Waals surface area contributed by atoms with Crippen LogP contribution in [0.3, 0.4) is 0 Å². The van der Waals surface area contributed by atoms with Crippen LogP contribution in [0.5, 0.6) is 0 Å². The van der Waals surface area contributed by atoms with Gasteiger partial charge in [-0.05, 0) is 32.9 Å². The summed E-state index contributed by atoms with van der Waals surface area (Å²) in [6.07, 6.45) is 5.57. The van der Waals surface area contributed by atoms with E-state index in [0.717, 1.165) is 38.3 Å². The number of rotatable bonds is 7. The molecule has 2 aliphatic rings. The number of ether oxygens (including phenoxy) is 1. The SMILES string of the molecule is COCCN(C)CCNC1CCN2CCCCC12. The van der Waals surface area contributed by atoms with Crippen LogP contribution in [0.15, 0.2) is 0 Å². The van der Waals surface area contributed by atoms with Gasteiger partial charge in [0.05, 0.1) is 6.61 Å². The van der Waals surface area contributed by atoms with Gasteiger partial charge in [0.1, 0.15) is 0 Å². The van der Waals surface area contributed by atoms with Gasteiger partial charge in [0.15, 0.2) is 0 Å². The molecular weight excluding hydrogens is 226 g/mol. The third-order valence-corrected chi connectivity index (χ3v) is 4.43. The fourth-order valence-electron chi connectivity index (χ4n) is 3.29. The predicted octanol–water partition coefficient (Wildman–Crippen LogP) is 0.781. The largest absolute Gasteiger partial charge is 0.383 e. The highest BCUT2D eigenvalue weighted by atomic mass is 16.5. The van der Waals surface area contributed by atoms with Crippen LogP contribution in [-0.4, -0.2) is 75.4 Å². The first-order valence-electron chi connectivity index (χ1n) is 7.46. The molecule has 2 aliphatic heterocycles. The second-order valence-electron chi connectivity index (χ2n) is 5.74. The Kier molecular flexibility index (Phi) is 5.89. The first-order valence-corrected chi connectivity index (χ1v) is 7.46. The average molecular weight is 255 g/mol. The first kappa shape index (κ1) is 14.3. The summed E-state index contributed by atoms with van der Waals surface area (Å²) >= 11 is 0. The Bertz CT molecular complexity index is 237. The van der Waals surface area contributed by atoms with E-state index in [1.165, 1.54) is 38.8 Å². The third-order valence-electron chi connectivity index (χ3n) is 4.43. The molecule has 0 radical (unpaired) electrons. The van der Waals surface area contributed by atoms with Crippen molar-refractivity contribution in [3.8, 4) is 0 Å². The normalized spacial score (nSPS) is 28.8. The highest BCUT2D eigenvalue weighted by Gasteiger charge is 2.34. The van der Waals surface area contributed by atoms with Crippen molar-refractivity contribution in [2.24, 2.45) is 0 Å². The number of hydrogen-bond donors (Lipinski definition) is 1. The lowest BCUT2D eigenvalue weighted by Crippen LogP contribution is -2.46. The molecular formula is C14H29N3O. The van der Waals surface area contributed by atoms with Crippen molar-refractivity contribution < 1.29 is 4.74 Å². The smallest absolute Gasteiger partial charge is 0.0589 e. The monoisotopic (exact) mass is 255 g/mol. The van der Waals surface area contributed by atoms with E-state index in [9.17, 15) is 0 Å². The highest BCUT2D eigenvalue weighted by Crippen LogP contribution is 2.26. The van der Waals surface area contributed by atoms with Gasteiger partial charge in [-0.25, -0.2) is 0 Å². The number of piperidine rings is 1. The third kappa shape index (κ3) is 3.92. The molecule has 0 aromatic rings. The summed E-state index contributed by atoms with van der Waals surface area (Å²) < 4.78 is 5.09. The van der Waals surface area contributed by atoms with Crippen LogP contribution in [0.4, 0.5) is 0 Å². The molecule has 4 heteroatoms. The molecule has 1 N–H and O–H groups in total. The summed E-state index contributed by atoms with van der Waals surface area (Å²) in [5.74, 6) is 0. The fourth-order valence-corrected chi connectivity index (χ4v) is 3.29. The van der Waals surface area contributed by atoms with Crippen molar-refractivity contribution in [1.82, 2.24) is 15.1 Å². The van der Waals surface area contributed by atoms with Crippen molar-refractivity contribution in [1.29, 1.82) is 0 Å². The van der Waals surface area contributed by atoms with E-state index in [-0.39, 0.29) is 0 Å². The van der Waals surface area contributed by atoms with E-state index >= 15 is 0 Å². The molecule has 0 aromatic carbocycles. The Morgan fingerprint density at radius 3 is 2.94 bits per heavy atom. The molecule has 0 saturated carbocycles. The number of methoxy groups -OCH3 is 1. The average Bonchev–Trinajstić information content (AvgIpc) is 2.80. The summed E-state index contributed by atoms with van der Waals surface area (Å²) in [6.45, 7) is 6.72. The number of nitrogens with zero attached hydrogens (tertiary/aromatic N) is 2. The van der Waals surface area contributed by atoms with Gasteiger partial charge < -0.3 is 15.0 Å². The standard InChI is InChI=1S/C14H29N3O/c1-16(11-12-18-2)10-7-15-13-6-9-17-8-4-3-5-14(13)17/h13-15H,3-12H2,1-2H3. The quantitative estimate of drug-likeness (QED) is 0.728. The minimum absolute atomic E-state index is 0.737. The lowest BCUT2D eigenvalue weighted by molar-refractivity contribution is 0.158. The maximum absolute atomic E-state index is 5.09. The van der Waals surface area contributed by atoms with Crippen LogP contribution < -0.4 is 5.32 Å². The molecule has 2 unspecified atom stereocenters. The maximum Gasteiger partial charge on any atom is 0.0589 e. The van der Waals surface area contributed by atoms with Crippen LogP contribution in [0.25, 0.3) is 0 Å². The number of nitrogens with one attached hydrogen (secondary N) is 1. The van der Waals surface area contributed by atoms with Crippen LogP contribution in [0.2, 0.25) is 0 Å². The van der Waals surface area contributed by atoms with E-state index in [2.05, 4.69) is 22.2 Å². The molecule has 0 spiro atoms. The molecule has 0 amide bonds. The number of hydrogen-bond acceptors (Lipinski definition) is 4. The molecule has 2 atom stereocenters. The number of fused-ring (bicyclic) bond motifs is 1. The molecule has 0 bridgehead atoms. The Balaban J connectivity index is 1.61. The summed E-state index contributed by atoms with van der Waals surface area (Å²) in [6, 6.07) is 1.56. The Hall–Kier alpha value is -0.160. The minimum Gasteiger partial charge on any atom is -0.383 e. The van der Waals surface area contributed by atoms with Crippen molar-refractivity contribution >= 4 is 0 Å². The summed E-state index contributed by atoms with van der Waals surface area (Å²) in [5.41, 5.74) is 0.